The second-order valence-electron chi connectivity index (χ2n) is 6.12. The number of benzene rings is 2. The molecule has 0 unspecified atom stereocenters. The molecule has 150 valence electrons. The van der Waals surface area contributed by atoms with Crippen molar-refractivity contribution >= 4 is 68.1 Å². The molecule has 1 amide bonds. The van der Waals surface area contributed by atoms with E-state index in [1.54, 1.807) is 36.4 Å². The van der Waals surface area contributed by atoms with Crippen LogP contribution in [0.4, 0.5) is 5.69 Å². The molecule has 0 fully saturated rings. The quantitative estimate of drug-likeness (QED) is 0.305. The van der Waals surface area contributed by atoms with Crippen LogP contribution in [-0.2, 0) is 0 Å². The first-order chi connectivity index (χ1) is 13.4. The summed E-state index contributed by atoms with van der Waals surface area (Å²) in [4.78, 5) is 12.4. The van der Waals surface area contributed by atoms with Gasteiger partial charge in [-0.15, -0.1) is 0 Å². The maximum atomic E-state index is 12.4. The summed E-state index contributed by atoms with van der Waals surface area (Å²) in [5.74, 6) is 0.378. The average molecular weight is 504 g/mol. The van der Waals surface area contributed by atoms with Crippen LogP contribution in [0.1, 0.15) is 43.0 Å². The van der Waals surface area contributed by atoms with Crippen molar-refractivity contribution in [2.24, 2.45) is 0 Å². The number of ether oxygens (including phenoxy) is 1. The molecule has 0 aliphatic carbocycles. The van der Waals surface area contributed by atoms with Crippen LogP contribution in [0.15, 0.2) is 40.9 Å². The van der Waals surface area contributed by atoms with Crippen molar-refractivity contribution in [1.82, 2.24) is 5.32 Å². The molecule has 0 bridgehead atoms. The van der Waals surface area contributed by atoms with Crippen molar-refractivity contribution < 1.29 is 9.53 Å². The minimum atomic E-state index is -0.333. The highest BCUT2D eigenvalue weighted by Gasteiger charge is 2.11. The Balaban J connectivity index is 1.90. The summed E-state index contributed by atoms with van der Waals surface area (Å²) in [5, 5.41) is 6.61. The van der Waals surface area contributed by atoms with E-state index in [0.29, 0.717) is 33.7 Å². The number of carbonyl (C=O) groups is 1. The van der Waals surface area contributed by atoms with Crippen LogP contribution < -0.4 is 15.4 Å². The van der Waals surface area contributed by atoms with Gasteiger partial charge in [0.2, 0.25) is 0 Å². The monoisotopic (exact) mass is 502 g/mol. The van der Waals surface area contributed by atoms with Gasteiger partial charge in [-0.2, -0.15) is 0 Å². The number of halogens is 3. The third kappa shape index (κ3) is 7.59. The maximum absolute atomic E-state index is 12.4. The van der Waals surface area contributed by atoms with Gasteiger partial charge in [0.1, 0.15) is 5.75 Å². The van der Waals surface area contributed by atoms with Crippen LogP contribution >= 0.6 is 51.3 Å². The zero-order valence-electron chi connectivity index (χ0n) is 15.4. The summed E-state index contributed by atoms with van der Waals surface area (Å²) in [6.07, 6.45) is 4.56. The molecule has 0 saturated carbocycles. The van der Waals surface area contributed by atoms with Gasteiger partial charge in [-0.25, -0.2) is 0 Å². The van der Waals surface area contributed by atoms with Crippen LogP contribution in [0, 0.1) is 0 Å². The smallest absolute Gasteiger partial charge is 0.257 e. The van der Waals surface area contributed by atoms with Crippen LogP contribution in [0.25, 0.3) is 0 Å². The molecular weight excluding hydrogens is 483 g/mol. The number of hydrogen-bond acceptors (Lipinski definition) is 3. The largest absolute Gasteiger partial charge is 0.492 e. The van der Waals surface area contributed by atoms with Gasteiger partial charge < -0.3 is 10.1 Å². The van der Waals surface area contributed by atoms with Crippen LogP contribution in [0.3, 0.4) is 0 Å². The maximum Gasteiger partial charge on any atom is 0.257 e. The number of rotatable bonds is 8. The Morgan fingerprint density at radius 2 is 1.82 bits per heavy atom. The first kappa shape index (κ1) is 22.9. The van der Waals surface area contributed by atoms with Crippen molar-refractivity contribution in [1.29, 1.82) is 0 Å². The number of unbranched alkanes of at least 4 members (excludes halogenated alkanes) is 3. The summed E-state index contributed by atoms with van der Waals surface area (Å²) in [6.45, 7) is 2.83. The lowest BCUT2D eigenvalue weighted by Crippen LogP contribution is -2.34. The lowest BCUT2D eigenvalue weighted by molar-refractivity contribution is 0.0977. The highest BCUT2D eigenvalue weighted by molar-refractivity contribution is 9.10. The van der Waals surface area contributed by atoms with E-state index >= 15 is 0 Å². The Labute approximate surface area is 189 Å². The SMILES string of the molecule is CCCCCCOc1ccc(C(=O)NC(=S)Nc2cc(Cl)cc(Cl)c2)cc1Br. The first-order valence-electron chi connectivity index (χ1n) is 8.90. The molecule has 0 heterocycles. The Hall–Kier alpha value is -1.34. The van der Waals surface area contributed by atoms with Gasteiger partial charge in [-0.1, -0.05) is 49.4 Å². The molecule has 0 aliphatic heterocycles. The Morgan fingerprint density at radius 1 is 1.11 bits per heavy atom. The van der Waals surface area contributed by atoms with Gasteiger partial charge in [0.05, 0.1) is 11.1 Å². The molecule has 0 aliphatic rings. The van der Waals surface area contributed by atoms with Crippen LogP contribution in [-0.4, -0.2) is 17.6 Å². The minimum Gasteiger partial charge on any atom is -0.492 e. The van der Waals surface area contributed by atoms with E-state index in [2.05, 4.69) is 33.5 Å². The molecule has 0 aromatic heterocycles. The van der Waals surface area contributed by atoms with E-state index in [1.165, 1.54) is 12.8 Å². The van der Waals surface area contributed by atoms with Crippen molar-refractivity contribution in [2.75, 3.05) is 11.9 Å². The van der Waals surface area contributed by atoms with Crippen molar-refractivity contribution in [3.8, 4) is 5.75 Å². The Bertz CT molecular complexity index is 829. The second kappa shape index (κ2) is 11.6. The minimum absolute atomic E-state index is 0.149. The van der Waals surface area contributed by atoms with E-state index in [4.69, 9.17) is 40.2 Å². The average Bonchev–Trinajstić information content (AvgIpc) is 2.61. The third-order valence-electron chi connectivity index (χ3n) is 3.80. The summed E-state index contributed by atoms with van der Waals surface area (Å²) >= 11 is 20.5. The predicted octanol–water partition coefficient (Wildman–Crippen LogP) is 6.84. The third-order valence-corrected chi connectivity index (χ3v) is 5.06. The van der Waals surface area contributed by atoms with E-state index < -0.39 is 0 Å². The number of thiocarbonyl (C=S) groups is 1. The lowest BCUT2D eigenvalue weighted by Gasteiger charge is -2.12. The van der Waals surface area contributed by atoms with Gasteiger partial charge in [0.25, 0.3) is 5.91 Å². The number of nitrogens with one attached hydrogen (secondary N) is 2. The number of anilines is 1. The summed E-state index contributed by atoms with van der Waals surface area (Å²) in [7, 11) is 0. The van der Waals surface area contributed by atoms with Crippen molar-refractivity contribution in [2.45, 2.75) is 32.6 Å². The molecule has 2 aromatic rings. The second-order valence-corrected chi connectivity index (χ2v) is 8.26. The summed E-state index contributed by atoms with van der Waals surface area (Å²) in [5.41, 5.74) is 1.05. The summed E-state index contributed by atoms with van der Waals surface area (Å²) in [6, 6.07) is 10.1. The van der Waals surface area contributed by atoms with Gasteiger partial charge >= 0.3 is 0 Å². The molecule has 0 atom stereocenters. The van der Waals surface area contributed by atoms with E-state index in [1.807, 2.05) is 0 Å². The van der Waals surface area contributed by atoms with E-state index in [9.17, 15) is 4.79 Å². The van der Waals surface area contributed by atoms with Crippen molar-refractivity contribution in [3.63, 3.8) is 0 Å². The number of amides is 1. The normalized spacial score (nSPS) is 10.4. The molecular formula is C20H21BrCl2N2O2S. The highest BCUT2D eigenvalue weighted by atomic mass is 79.9. The highest BCUT2D eigenvalue weighted by Crippen LogP contribution is 2.26. The number of hydrogen-bond donors (Lipinski definition) is 2. The van der Waals surface area contributed by atoms with Gasteiger partial charge in [0, 0.05) is 21.3 Å². The standard InChI is InChI=1S/C20H21BrCl2N2O2S/c1-2-3-4-5-8-27-18-7-6-13(9-17(18)21)19(26)25-20(28)24-16-11-14(22)10-15(23)12-16/h6-7,9-12H,2-5,8H2,1H3,(H2,24,25,26,28). The molecule has 2 N–H and O–H groups in total. The fraction of sp³-hybridized carbons (Fsp3) is 0.300. The molecule has 0 spiro atoms. The molecule has 2 rings (SSSR count). The molecule has 8 heteroatoms. The van der Waals surface area contributed by atoms with Gasteiger partial charge in [0.15, 0.2) is 5.11 Å². The zero-order valence-corrected chi connectivity index (χ0v) is 19.3. The van der Waals surface area contributed by atoms with Gasteiger partial charge in [-0.05, 0) is 71.0 Å². The van der Waals surface area contributed by atoms with Crippen molar-refractivity contribution in [3.05, 3.63) is 56.5 Å². The molecule has 2 aromatic carbocycles. The fourth-order valence-electron chi connectivity index (χ4n) is 2.43. The topological polar surface area (TPSA) is 50.4 Å². The molecule has 0 radical (unpaired) electrons. The van der Waals surface area contributed by atoms with Crippen LogP contribution in [0.2, 0.25) is 10.0 Å². The number of carbonyl (C=O) groups excluding carboxylic acids is 1. The predicted molar refractivity (Wildman–Crippen MR) is 124 cm³/mol. The van der Waals surface area contributed by atoms with E-state index in [0.717, 1.165) is 17.3 Å². The fourth-order valence-corrected chi connectivity index (χ4v) is 3.66. The molecule has 28 heavy (non-hydrogen) atoms. The zero-order chi connectivity index (χ0) is 20.5. The van der Waals surface area contributed by atoms with Crippen LogP contribution in [0.5, 0.6) is 5.75 Å². The lowest BCUT2D eigenvalue weighted by atomic mass is 10.2. The molecule has 4 nitrogen and oxygen atoms in total. The van der Waals surface area contributed by atoms with E-state index in [-0.39, 0.29) is 11.0 Å². The summed E-state index contributed by atoms with van der Waals surface area (Å²) < 4.78 is 6.48. The Kier molecular flexibility index (Phi) is 9.51. The molecule has 0 saturated heterocycles. The Morgan fingerprint density at radius 3 is 2.46 bits per heavy atom. The first-order valence-corrected chi connectivity index (χ1v) is 10.9. The van der Waals surface area contributed by atoms with Gasteiger partial charge in [-0.3, -0.25) is 10.1 Å².